The number of aromatic nitrogens is 3. The lowest BCUT2D eigenvalue weighted by atomic mass is 9.62. The average Bonchev–Trinajstić information content (AvgIpc) is 3.47. The van der Waals surface area contributed by atoms with Crippen molar-refractivity contribution in [2.24, 2.45) is 29.6 Å². The van der Waals surface area contributed by atoms with Gasteiger partial charge < -0.3 is 5.32 Å². The van der Waals surface area contributed by atoms with E-state index < -0.39 is 16.2 Å². The maximum atomic E-state index is 15.5. The van der Waals surface area contributed by atoms with Crippen LogP contribution in [0.1, 0.15) is 172 Å². The van der Waals surface area contributed by atoms with E-state index in [-0.39, 0.29) is 29.2 Å². The van der Waals surface area contributed by atoms with Crippen molar-refractivity contribution in [3.63, 3.8) is 0 Å². The normalized spacial score (nSPS) is 26.0. The van der Waals surface area contributed by atoms with E-state index in [0.29, 0.717) is 49.9 Å². The van der Waals surface area contributed by atoms with Crippen LogP contribution in [0.2, 0.25) is 0 Å². The van der Waals surface area contributed by atoms with Gasteiger partial charge in [0.1, 0.15) is 5.82 Å². The third-order valence-corrected chi connectivity index (χ3v) is 21.2. The van der Waals surface area contributed by atoms with Crippen molar-refractivity contribution in [2.75, 3.05) is 15.1 Å². The number of nitrogens with one attached hydrogen (secondary N) is 1. The van der Waals surface area contributed by atoms with Crippen LogP contribution in [0.25, 0.3) is 0 Å². The fourth-order valence-electron chi connectivity index (χ4n) is 15.2. The zero-order valence-corrected chi connectivity index (χ0v) is 49.6. The summed E-state index contributed by atoms with van der Waals surface area (Å²) in [6.07, 6.45) is 18.2. The van der Waals surface area contributed by atoms with E-state index in [0.717, 1.165) is 145 Å². The van der Waals surface area contributed by atoms with E-state index in [1.807, 2.05) is 41.7 Å². The summed E-state index contributed by atoms with van der Waals surface area (Å²) in [6, 6.07) is 17.8. The number of benzene rings is 2. The molecule has 5 aromatic rings. The summed E-state index contributed by atoms with van der Waals surface area (Å²) < 4.78 is 0. The van der Waals surface area contributed by atoms with Gasteiger partial charge in [0.05, 0.1) is 47.4 Å². The van der Waals surface area contributed by atoms with E-state index in [2.05, 4.69) is 125 Å². The highest BCUT2D eigenvalue weighted by Crippen LogP contribution is 2.61. The Labute approximate surface area is 474 Å². The van der Waals surface area contributed by atoms with Crippen LogP contribution in [0.15, 0.2) is 135 Å². The Morgan fingerprint density at radius 1 is 0.628 bits per heavy atom. The quantitative estimate of drug-likeness (QED) is 0.0966. The Morgan fingerprint density at radius 2 is 1.13 bits per heavy atom. The van der Waals surface area contributed by atoms with Crippen LogP contribution < -0.4 is 15.1 Å². The van der Waals surface area contributed by atoms with Crippen molar-refractivity contribution in [1.82, 2.24) is 15.0 Å². The standard InChI is InChI=1S/C66H76N6O3S3/c1-11-16-17-19-41(10)64(13-3)56-50(31-43(28-39(6)7)34-53(56)74)71(62-59(64)77-37-68-62)47-26-22-46(23-27-47)66(15-5)57-51(32-44(29-40(8)9)35-54(57)75)72(63-60(66)78-38-69-63)48-24-20-45(21-25-48)65(14-4)55-49(70-61-58(65)76-36-67-61)30-42(18-12-2)33-52(55)73/h11,16-17,19-27,36-40,42-44,70H,10,12-15,18,28-35H2,1-9H3/b16-11-,19-17-/t42?,43?,44?,64-,65-,66?/m1/s1. The predicted octanol–water partition coefficient (Wildman–Crippen LogP) is 17.1. The van der Waals surface area contributed by atoms with Gasteiger partial charge in [0, 0.05) is 64.4 Å². The summed E-state index contributed by atoms with van der Waals surface area (Å²) in [5.41, 5.74) is 14.4. The first-order valence-corrected chi connectivity index (χ1v) is 31.5. The molecule has 11 rings (SSSR count). The molecule has 0 radical (unpaired) electrons. The molecule has 6 heterocycles. The molecule has 78 heavy (non-hydrogen) atoms. The number of thiazole rings is 3. The second-order valence-corrected chi connectivity index (χ2v) is 26.3. The number of fused-ring (bicyclic) bond motifs is 3. The second kappa shape index (κ2) is 21.3. The molecule has 2 aromatic carbocycles. The van der Waals surface area contributed by atoms with E-state index >= 15 is 4.79 Å². The molecule has 0 saturated heterocycles. The molecule has 0 fully saturated rings. The molecule has 0 amide bonds. The van der Waals surface area contributed by atoms with E-state index in [4.69, 9.17) is 21.5 Å². The molecule has 3 aliphatic carbocycles. The van der Waals surface area contributed by atoms with Crippen molar-refractivity contribution in [2.45, 2.75) is 162 Å². The lowest BCUT2D eigenvalue weighted by molar-refractivity contribution is -0.118. The summed E-state index contributed by atoms with van der Waals surface area (Å²) in [5.74, 6) is 4.87. The zero-order chi connectivity index (χ0) is 54.8. The number of allylic oxidation sites excluding steroid dienone is 11. The Hall–Kier alpha value is -5.82. The molecular formula is C66H76N6O3S3. The fourth-order valence-corrected chi connectivity index (χ4v) is 18.4. The molecular weight excluding hydrogens is 1020 g/mol. The number of anilines is 5. The van der Waals surface area contributed by atoms with Gasteiger partial charge in [-0.05, 0) is 135 Å². The van der Waals surface area contributed by atoms with E-state index in [9.17, 15) is 9.59 Å². The lowest BCUT2D eigenvalue weighted by Gasteiger charge is -2.48. The van der Waals surface area contributed by atoms with Gasteiger partial charge in [-0.3, -0.25) is 24.2 Å². The van der Waals surface area contributed by atoms with Gasteiger partial charge in [0.2, 0.25) is 0 Å². The Bertz CT molecular complexity index is 3350. The van der Waals surface area contributed by atoms with Crippen molar-refractivity contribution in [3.05, 3.63) is 161 Å². The Morgan fingerprint density at radius 3 is 1.68 bits per heavy atom. The number of hydrogen-bond acceptors (Lipinski definition) is 12. The average molecular weight is 1100 g/mol. The van der Waals surface area contributed by atoms with Gasteiger partial charge in [-0.25, -0.2) is 15.0 Å². The molecule has 1 N–H and O–H groups in total. The van der Waals surface area contributed by atoms with E-state index in [1.165, 1.54) is 0 Å². The maximum absolute atomic E-state index is 15.5. The number of carbonyl (C=O) groups excluding carboxylic acids is 3. The molecule has 3 aliphatic heterocycles. The van der Waals surface area contributed by atoms with Gasteiger partial charge in [-0.2, -0.15) is 0 Å². The van der Waals surface area contributed by atoms with Crippen molar-refractivity contribution in [1.29, 1.82) is 0 Å². The summed E-state index contributed by atoms with van der Waals surface area (Å²) in [5, 5.41) is 3.64. The van der Waals surface area contributed by atoms with Crippen LogP contribution in [0.4, 0.5) is 28.8 Å². The summed E-state index contributed by atoms with van der Waals surface area (Å²) in [4.78, 5) is 67.9. The minimum absolute atomic E-state index is 0.189. The predicted molar refractivity (Wildman–Crippen MR) is 322 cm³/mol. The zero-order valence-electron chi connectivity index (χ0n) is 47.1. The van der Waals surface area contributed by atoms with Crippen LogP contribution in [-0.4, -0.2) is 32.3 Å². The number of carbonyl (C=O) groups is 3. The highest BCUT2D eigenvalue weighted by atomic mass is 32.1. The van der Waals surface area contributed by atoms with Crippen LogP contribution in [0.3, 0.4) is 0 Å². The van der Waals surface area contributed by atoms with Gasteiger partial charge in [-0.15, -0.1) is 34.0 Å². The highest BCUT2D eigenvalue weighted by Gasteiger charge is 2.55. The molecule has 6 atom stereocenters. The van der Waals surface area contributed by atoms with Gasteiger partial charge in [0.15, 0.2) is 29.0 Å². The first-order chi connectivity index (χ1) is 37.7. The molecule has 12 heteroatoms. The maximum Gasteiger partial charge on any atom is 0.162 e. The minimum Gasteiger partial charge on any atom is -0.342 e. The second-order valence-electron chi connectivity index (χ2n) is 23.8. The number of ketones is 3. The Kier molecular flexibility index (Phi) is 14.8. The van der Waals surface area contributed by atoms with E-state index in [1.54, 1.807) is 34.0 Å². The first kappa shape index (κ1) is 54.2. The number of nitrogens with zero attached hydrogens (tertiary/aromatic N) is 5. The smallest absolute Gasteiger partial charge is 0.162 e. The summed E-state index contributed by atoms with van der Waals surface area (Å²) in [6.45, 7) is 24.5. The van der Waals surface area contributed by atoms with Gasteiger partial charge >= 0.3 is 0 Å². The summed E-state index contributed by atoms with van der Waals surface area (Å²) >= 11 is 4.88. The van der Waals surface area contributed by atoms with Crippen molar-refractivity contribution < 1.29 is 14.4 Å². The third-order valence-electron chi connectivity index (χ3n) is 18.2. The van der Waals surface area contributed by atoms with Crippen LogP contribution in [0, 0.1) is 29.6 Å². The fraction of sp³-hybridized carbons (Fsp3) is 0.455. The lowest BCUT2D eigenvalue weighted by Crippen LogP contribution is -2.45. The number of Topliss-reactive ketones (excluding diaryl/α,β-unsaturated/α-hetero) is 3. The van der Waals surface area contributed by atoms with Crippen LogP contribution in [-0.2, 0) is 30.6 Å². The molecule has 406 valence electrons. The van der Waals surface area contributed by atoms with Gasteiger partial charge in [-0.1, -0.05) is 117 Å². The molecule has 0 bridgehead atoms. The Balaban J connectivity index is 1.03. The molecule has 9 nitrogen and oxygen atoms in total. The van der Waals surface area contributed by atoms with Crippen molar-refractivity contribution >= 4 is 80.2 Å². The number of hydrogen-bond donors (Lipinski definition) is 1. The molecule has 0 saturated carbocycles. The topological polar surface area (TPSA) is 108 Å². The minimum atomic E-state index is -0.750. The summed E-state index contributed by atoms with van der Waals surface area (Å²) in [7, 11) is 0. The number of rotatable bonds is 16. The SMILES string of the molecule is C=C(/C=C\C=C/C)[C@]1(CC)C2=C(CC(CC(C)C)CC2=O)N(c2ccc(C3(CC)C4=C(CC(CC(C)C)CC4=O)N(c4ccc([C@]5(CC)C6=C(CC(CCC)CC6=O)Nc6ncsc65)cc4)c4ncsc43)cc2)c2ncsc21. The van der Waals surface area contributed by atoms with Crippen LogP contribution >= 0.6 is 34.0 Å². The van der Waals surface area contributed by atoms with Crippen molar-refractivity contribution in [3.8, 4) is 0 Å². The molecule has 6 aliphatic rings. The van der Waals surface area contributed by atoms with Gasteiger partial charge in [0.25, 0.3) is 0 Å². The molecule has 3 aromatic heterocycles. The molecule has 4 unspecified atom stereocenters. The molecule has 0 spiro atoms. The van der Waals surface area contributed by atoms with Crippen LogP contribution in [0.5, 0.6) is 0 Å². The monoisotopic (exact) mass is 1100 g/mol. The highest BCUT2D eigenvalue weighted by molar-refractivity contribution is 7.11. The first-order valence-electron chi connectivity index (χ1n) is 28.9. The largest absolute Gasteiger partial charge is 0.342 e. The third kappa shape index (κ3) is 8.47.